The first-order valence-corrected chi connectivity index (χ1v) is 10.5. The minimum absolute atomic E-state index is 0.128. The van der Waals surface area contributed by atoms with E-state index in [0.717, 1.165) is 32.8 Å². The van der Waals surface area contributed by atoms with Crippen LogP contribution >= 0.6 is 0 Å². The predicted molar refractivity (Wildman–Crippen MR) is 124 cm³/mol. The van der Waals surface area contributed by atoms with Gasteiger partial charge in [0.2, 0.25) is 0 Å². The molecule has 1 heterocycles. The number of rotatable bonds is 5. The van der Waals surface area contributed by atoms with Crippen LogP contribution in [0.25, 0.3) is 5.57 Å². The van der Waals surface area contributed by atoms with Gasteiger partial charge in [-0.3, -0.25) is 14.5 Å². The molecule has 0 unspecified atom stereocenters. The molecule has 32 heavy (non-hydrogen) atoms. The van der Waals surface area contributed by atoms with E-state index in [2.05, 4.69) is 5.32 Å². The molecular formula is C27H25FN2O2. The third-order valence-corrected chi connectivity index (χ3v) is 6.11. The van der Waals surface area contributed by atoms with Gasteiger partial charge in [0, 0.05) is 11.3 Å². The maximum atomic E-state index is 14.3. The van der Waals surface area contributed by atoms with E-state index in [1.807, 2.05) is 64.1 Å². The Balaban J connectivity index is 1.81. The Labute approximate surface area is 187 Å². The first kappa shape index (κ1) is 21.5. The molecule has 162 valence electrons. The average molecular weight is 429 g/mol. The number of nitrogens with one attached hydrogen (secondary N) is 1. The molecule has 1 aliphatic heterocycles. The zero-order chi connectivity index (χ0) is 23.0. The van der Waals surface area contributed by atoms with Crippen LogP contribution in [0.2, 0.25) is 0 Å². The molecule has 0 bridgehead atoms. The van der Waals surface area contributed by atoms with Crippen molar-refractivity contribution in [3.8, 4) is 0 Å². The fourth-order valence-electron chi connectivity index (χ4n) is 3.82. The number of amides is 2. The number of benzene rings is 3. The number of anilines is 1. The number of carbonyl (C=O) groups is 2. The van der Waals surface area contributed by atoms with Crippen LogP contribution in [0, 0.1) is 33.5 Å². The van der Waals surface area contributed by atoms with Gasteiger partial charge in [-0.1, -0.05) is 48.5 Å². The van der Waals surface area contributed by atoms with Gasteiger partial charge in [0.15, 0.2) is 0 Å². The quantitative estimate of drug-likeness (QED) is 0.550. The van der Waals surface area contributed by atoms with Gasteiger partial charge in [-0.2, -0.15) is 0 Å². The number of carbonyl (C=O) groups excluding carboxylic acids is 2. The van der Waals surface area contributed by atoms with E-state index >= 15 is 0 Å². The van der Waals surface area contributed by atoms with Crippen LogP contribution in [0.5, 0.6) is 0 Å². The lowest BCUT2D eigenvalue weighted by Gasteiger charge is -2.16. The molecule has 1 aliphatic rings. The highest BCUT2D eigenvalue weighted by Gasteiger charge is 2.39. The summed E-state index contributed by atoms with van der Waals surface area (Å²) in [6.45, 7) is 7.79. The molecule has 0 fully saturated rings. The molecule has 3 aromatic rings. The van der Waals surface area contributed by atoms with Crippen LogP contribution in [0.4, 0.5) is 10.1 Å². The van der Waals surface area contributed by atoms with E-state index in [0.29, 0.717) is 16.7 Å². The average Bonchev–Trinajstić information content (AvgIpc) is 2.99. The normalized spacial score (nSPS) is 13.8. The summed E-state index contributed by atoms with van der Waals surface area (Å²) in [5.41, 5.74) is 6.41. The summed E-state index contributed by atoms with van der Waals surface area (Å²) < 4.78 is 14.3. The minimum Gasteiger partial charge on any atom is -0.350 e. The van der Waals surface area contributed by atoms with Crippen LogP contribution < -0.4 is 5.32 Å². The van der Waals surface area contributed by atoms with Crippen molar-refractivity contribution in [3.05, 3.63) is 106 Å². The Morgan fingerprint density at radius 1 is 0.812 bits per heavy atom. The van der Waals surface area contributed by atoms with Crippen LogP contribution in [-0.4, -0.2) is 16.7 Å². The molecule has 5 heteroatoms. The predicted octanol–water partition coefficient (Wildman–Crippen LogP) is 5.45. The van der Waals surface area contributed by atoms with Gasteiger partial charge in [-0.05, 0) is 67.6 Å². The van der Waals surface area contributed by atoms with Crippen molar-refractivity contribution in [3.63, 3.8) is 0 Å². The maximum absolute atomic E-state index is 14.3. The lowest BCUT2D eigenvalue weighted by Crippen LogP contribution is -2.32. The van der Waals surface area contributed by atoms with Crippen molar-refractivity contribution in [1.82, 2.24) is 4.90 Å². The van der Waals surface area contributed by atoms with Crippen molar-refractivity contribution in [2.24, 2.45) is 0 Å². The van der Waals surface area contributed by atoms with E-state index in [9.17, 15) is 14.0 Å². The fourth-order valence-corrected chi connectivity index (χ4v) is 3.82. The van der Waals surface area contributed by atoms with Crippen LogP contribution in [-0.2, 0) is 16.1 Å². The van der Waals surface area contributed by atoms with E-state index in [-0.39, 0.29) is 12.2 Å². The summed E-state index contributed by atoms with van der Waals surface area (Å²) >= 11 is 0. The standard InChI is InChI=1S/C27H25FN2O2/c1-16-12-13-20(14-18(16)3)24-25(29-23-11-7-8-17(2)19(23)4)27(32)30(26(24)31)15-21-9-5-6-10-22(21)28/h5-14,29H,15H2,1-4H3. The van der Waals surface area contributed by atoms with Crippen molar-refractivity contribution in [1.29, 1.82) is 0 Å². The van der Waals surface area contributed by atoms with Gasteiger partial charge in [0.25, 0.3) is 11.8 Å². The van der Waals surface area contributed by atoms with Crippen molar-refractivity contribution >= 4 is 23.1 Å². The second kappa shape index (κ2) is 8.42. The topological polar surface area (TPSA) is 49.4 Å². The van der Waals surface area contributed by atoms with Gasteiger partial charge >= 0.3 is 0 Å². The Morgan fingerprint density at radius 3 is 2.28 bits per heavy atom. The monoisotopic (exact) mass is 428 g/mol. The molecular weight excluding hydrogens is 403 g/mol. The Hall–Kier alpha value is -3.73. The van der Waals surface area contributed by atoms with Gasteiger partial charge in [-0.25, -0.2) is 4.39 Å². The summed E-state index contributed by atoms with van der Waals surface area (Å²) in [7, 11) is 0. The van der Waals surface area contributed by atoms with Gasteiger partial charge < -0.3 is 5.32 Å². The molecule has 0 radical (unpaired) electrons. The highest BCUT2D eigenvalue weighted by molar-refractivity contribution is 6.36. The zero-order valence-electron chi connectivity index (χ0n) is 18.6. The largest absolute Gasteiger partial charge is 0.350 e. The summed E-state index contributed by atoms with van der Waals surface area (Å²) in [5.74, 6) is -1.35. The SMILES string of the molecule is Cc1ccc(C2=C(Nc3cccc(C)c3C)C(=O)N(Cc3ccccc3F)C2=O)cc1C. The lowest BCUT2D eigenvalue weighted by molar-refractivity contribution is -0.137. The second-order valence-electron chi connectivity index (χ2n) is 8.21. The van der Waals surface area contributed by atoms with E-state index in [4.69, 9.17) is 0 Å². The number of nitrogens with zero attached hydrogens (tertiary/aromatic N) is 1. The van der Waals surface area contributed by atoms with Crippen LogP contribution in [0.15, 0.2) is 66.4 Å². The molecule has 3 aromatic carbocycles. The third kappa shape index (κ3) is 3.82. The van der Waals surface area contributed by atoms with Crippen LogP contribution in [0.1, 0.15) is 33.4 Å². The number of imide groups is 1. The highest BCUT2D eigenvalue weighted by atomic mass is 19.1. The van der Waals surface area contributed by atoms with E-state index in [1.165, 1.54) is 6.07 Å². The third-order valence-electron chi connectivity index (χ3n) is 6.11. The summed E-state index contributed by atoms with van der Waals surface area (Å²) in [6.07, 6.45) is 0. The Bertz CT molecular complexity index is 1280. The first-order valence-electron chi connectivity index (χ1n) is 10.5. The summed E-state index contributed by atoms with van der Waals surface area (Å²) in [5, 5.41) is 3.22. The Kier molecular flexibility index (Phi) is 5.66. The van der Waals surface area contributed by atoms with Crippen molar-refractivity contribution in [2.45, 2.75) is 34.2 Å². The highest BCUT2D eigenvalue weighted by Crippen LogP contribution is 2.33. The van der Waals surface area contributed by atoms with Crippen molar-refractivity contribution < 1.29 is 14.0 Å². The molecule has 0 atom stereocenters. The number of hydrogen-bond acceptors (Lipinski definition) is 3. The first-order chi connectivity index (χ1) is 15.3. The Morgan fingerprint density at radius 2 is 1.56 bits per heavy atom. The zero-order valence-corrected chi connectivity index (χ0v) is 18.6. The molecule has 0 aromatic heterocycles. The van der Waals surface area contributed by atoms with Gasteiger partial charge in [0.1, 0.15) is 11.5 Å². The number of hydrogen-bond donors (Lipinski definition) is 1. The van der Waals surface area contributed by atoms with Gasteiger partial charge in [-0.15, -0.1) is 0 Å². The van der Waals surface area contributed by atoms with E-state index < -0.39 is 17.6 Å². The van der Waals surface area contributed by atoms with E-state index in [1.54, 1.807) is 18.2 Å². The molecule has 0 saturated heterocycles. The summed E-state index contributed by atoms with van der Waals surface area (Å²) in [6, 6.07) is 17.7. The molecule has 1 N–H and O–H groups in total. The van der Waals surface area contributed by atoms with Crippen LogP contribution in [0.3, 0.4) is 0 Å². The summed E-state index contributed by atoms with van der Waals surface area (Å²) in [4.78, 5) is 28.0. The number of halogens is 1. The smallest absolute Gasteiger partial charge is 0.278 e. The molecule has 4 rings (SSSR count). The molecule has 2 amide bonds. The fraction of sp³-hybridized carbons (Fsp3) is 0.185. The lowest BCUT2D eigenvalue weighted by atomic mass is 9.99. The second-order valence-corrected chi connectivity index (χ2v) is 8.21. The number of aryl methyl sites for hydroxylation is 3. The molecule has 0 aliphatic carbocycles. The molecule has 4 nitrogen and oxygen atoms in total. The molecule has 0 saturated carbocycles. The molecule has 0 spiro atoms. The van der Waals surface area contributed by atoms with Crippen molar-refractivity contribution in [2.75, 3.05) is 5.32 Å². The maximum Gasteiger partial charge on any atom is 0.278 e. The van der Waals surface area contributed by atoms with Gasteiger partial charge in [0.05, 0.1) is 12.1 Å². The minimum atomic E-state index is -0.465.